The SMILES string of the molecule is COc1ccc(N2CCN([C@H](c3cccs3)[C@@H](C)NC(=O)C(=O)NCc3ccco3)CC2)cc1. The molecule has 0 bridgehead atoms. The summed E-state index contributed by atoms with van der Waals surface area (Å²) in [6, 6.07) is 15.5. The molecule has 4 rings (SSSR count). The van der Waals surface area contributed by atoms with E-state index in [2.05, 4.69) is 38.6 Å². The van der Waals surface area contributed by atoms with Crippen molar-refractivity contribution in [2.24, 2.45) is 0 Å². The number of ether oxygens (including phenoxy) is 1. The van der Waals surface area contributed by atoms with Gasteiger partial charge < -0.3 is 24.7 Å². The van der Waals surface area contributed by atoms with Gasteiger partial charge in [-0.1, -0.05) is 6.07 Å². The highest BCUT2D eigenvalue weighted by Gasteiger charge is 2.32. The zero-order chi connectivity index (χ0) is 23.9. The van der Waals surface area contributed by atoms with Gasteiger partial charge in [0, 0.05) is 42.8 Å². The number of hydrogen-bond donors (Lipinski definition) is 2. The molecule has 2 N–H and O–H groups in total. The lowest BCUT2D eigenvalue weighted by Crippen LogP contribution is -2.53. The minimum Gasteiger partial charge on any atom is -0.497 e. The maximum absolute atomic E-state index is 12.6. The molecule has 1 aromatic carbocycles. The molecule has 0 spiro atoms. The first-order chi connectivity index (χ1) is 16.5. The van der Waals surface area contributed by atoms with E-state index < -0.39 is 11.8 Å². The maximum atomic E-state index is 12.6. The fourth-order valence-corrected chi connectivity index (χ4v) is 5.23. The molecule has 1 saturated heterocycles. The predicted octanol–water partition coefficient (Wildman–Crippen LogP) is 3.03. The van der Waals surface area contributed by atoms with E-state index in [0.717, 1.165) is 31.9 Å². The number of benzene rings is 1. The summed E-state index contributed by atoms with van der Waals surface area (Å²) in [6.07, 6.45) is 1.53. The lowest BCUT2D eigenvalue weighted by molar-refractivity contribution is -0.140. The van der Waals surface area contributed by atoms with E-state index in [1.807, 2.05) is 30.5 Å². The maximum Gasteiger partial charge on any atom is 0.309 e. The Kier molecular flexibility index (Phi) is 7.87. The van der Waals surface area contributed by atoms with E-state index in [1.54, 1.807) is 30.6 Å². The quantitative estimate of drug-likeness (QED) is 0.480. The molecular formula is C25H30N4O4S. The summed E-state index contributed by atoms with van der Waals surface area (Å²) in [4.78, 5) is 30.8. The molecule has 0 aliphatic carbocycles. The topological polar surface area (TPSA) is 87.0 Å². The molecule has 34 heavy (non-hydrogen) atoms. The normalized spacial score (nSPS) is 16.0. The van der Waals surface area contributed by atoms with Gasteiger partial charge in [-0.25, -0.2) is 0 Å². The minimum absolute atomic E-state index is 0.0140. The second kappa shape index (κ2) is 11.2. The number of carbonyl (C=O) groups excluding carboxylic acids is 2. The summed E-state index contributed by atoms with van der Waals surface area (Å²) in [5.74, 6) is 0.133. The number of carbonyl (C=O) groups is 2. The van der Waals surface area contributed by atoms with Gasteiger partial charge in [0.2, 0.25) is 0 Å². The molecule has 8 nitrogen and oxygen atoms in total. The van der Waals surface area contributed by atoms with Gasteiger partial charge in [0.25, 0.3) is 0 Å². The minimum atomic E-state index is -0.669. The summed E-state index contributed by atoms with van der Waals surface area (Å²) in [7, 11) is 1.67. The monoisotopic (exact) mass is 482 g/mol. The molecule has 1 fully saturated rings. The highest BCUT2D eigenvalue weighted by Crippen LogP contribution is 2.30. The first-order valence-corrected chi connectivity index (χ1v) is 12.2. The van der Waals surface area contributed by atoms with Crippen LogP contribution in [0.5, 0.6) is 5.75 Å². The van der Waals surface area contributed by atoms with Gasteiger partial charge >= 0.3 is 11.8 Å². The fraction of sp³-hybridized carbons (Fsp3) is 0.360. The van der Waals surface area contributed by atoms with Crippen LogP contribution in [-0.4, -0.2) is 56.0 Å². The predicted molar refractivity (Wildman–Crippen MR) is 132 cm³/mol. The zero-order valence-corrected chi connectivity index (χ0v) is 20.2. The van der Waals surface area contributed by atoms with Crippen molar-refractivity contribution in [3.05, 3.63) is 70.8 Å². The number of rotatable bonds is 8. The van der Waals surface area contributed by atoms with Crippen LogP contribution < -0.4 is 20.3 Å². The van der Waals surface area contributed by atoms with E-state index in [-0.39, 0.29) is 18.6 Å². The Morgan fingerprint density at radius 2 is 1.82 bits per heavy atom. The van der Waals surface area contributed by atoms with Crippen LogP contribution in [-0.2, 0) is 16.1 Å². The van der Waals surface area contributed by atoms with Crippen molar-refractivity contribution < 1.29 is 18.7 Å². The van der Waals surface area contributed by atoms with Crippen LogP contribution in [0, 0.1) is 0 Å². The lowest BCUT2D eigenvalue weighted by atomic mass is 10.0. The standard InChI is InChI=1S/C25H30N4O4S/c1-18(27-25(31)24(30)26-17-21-5-3-15-33-21)23(22-6-4-16-34-22)29-13-11-28(12-14-29)19-7-9-20(32-2)10-8-19/h3-10,15-16,18,23H,11-14,17H2,1-2H3,(H,26,30)(H,27,31)/t18-,23+/m1/s1. The Hall–Kier alpha value is -3.30. The van der Waals surface area contributed by atoms with Gasteiger partial charge in [0.1, 0.15) is 11.5 Å². The smallest absolute Gasteiger partial charge is 0.309 e. The van der Waals surface area contributed by atoms with Crippen molar-refractivity contribution in [1.29, 1.82) is 0 Å². The summed E-state index contributed by atoms with van der Waals surface area (Å²) in [5, 5.41) is 7.55. The largest absolute Gasteiger partial charge is 0.497 e. The third kappa shape index (κ3) is 5.78. The van der Waals surface area contributed by atoms with E-state index >= 15 is 0 Å². The number of thiophene rings is 1. The molecule has 2 aromatic heterocycles. The zero-order valence-electron chi connectivity index (χ0n) is 19.4. The number of hydrogen-bond acceptors (Lipinski definition) is 7. The van der Waals surface area contributed by atoms with Crippen LogP contribution in [0.1, 0.15) is 23.6 Å². The van der Waals surface area contributed by atoms with Crippen LogP contribution in [0.4, 0.5) is 5.69 Å². The molecule has 0 unspecified atom stereocenters. The number of anilines is 1. The van der Waals surface area contributed by atoms with E-state index in [9.17, 15) is 9.59 Å². The number of nitrogens with one attached hydrogen (secondary N) is 2. The number of furan rings is 1. The lowest BCUT2D eigenvalue weighted by Gasteiger charge is -2.42. The third-order valence-corrected chi connectivity index (χ3v) is 6.96. The first-order valence-electron chi connectivity index (χ1n) is 11.3. The van der Waals surface area contributed by atoms with Crippen molar-refractivity contribution in [1.82, 2.24) is 15.5 Å². The number of piperazine rings is 1. The third-order valence-electron chi connectivity index (χ3n) is 6.02. The molecule has 3 aromatic rings. The molecule has 2 atom stereocenters. The Balaban J connectivity index is 1.37. The van der Waals surface area contributed by atoms with Crippen molar-refractivity contribution in [2.45, 2.75) is 25.6 Å². The van der Waals surface area contributed by atoms with Crippen molar-refractivity contribution in [3.8, 4) is 5.75 Å². The second-order valence-electron chi connectivity index (χ2n) is 8.21. The highest BCUT2D eigenvalue weighted by atomic mass is 32.1. The van der Waals surface area contributed by atoms with Crippen molar-refractivity contribution in [3.63, 3.8) is 0 Å². The average Bonchev–Trinajstić information content (AvgIpc) is 3.58. The van der Waals surface area contributed by atoms with E-state index in [1.165, 1.54) is 16.8 Å². The molecule has 1 aliphatic heterocycles. The molecule has 3 heterocycles. The Bertz CT molecular complexity index is 1050. The Labute approximate surface area is 203 Å². The van der Waals surface area contributed by atoms with Gasteiger partial charge in [-0.2, -0.15) is 0 Å². The van der Waals surface area contributed by atoms with Gasteiger partial charge in [0.05, 0.1) is 26.0 Å². The number of methoxy groups -OCH3 is 1. The molecule has 2 amide bonds. The van der Waals surface area contributed by atoms with Crippen LogP contribution in [0.25, 0.3) is 0 Å². The summed E-state index contributed by atoms with van der Waals surface area (Å²) in [5.41, 5.74) is 1.17. The van der Waals surface area contributed by atoms with Gasteiger partial charge in [-0.3, -0.25) is 14.5 Å². The average molecular weight is 483 g/mol. The highest BCUT2D eigenvalue weighted by molar-refractivity contribution is 7.10. The van der Waals surface area contributed by atoms with Crippen LogP contribution >= 0.6 is 11.3 Å². The molecule has 1 aliphatic rings. The van der Waals surface area contributed by atoms with Crippen molar-refractivity contribution in [2.75, 3.05) is 38.2 Å². The molecule has 180 valence electrons. The molecule has 0 radical (unpaired) electrons. The summed E-state index contributed by atoms with van der Waals surface area (Å²) >= 11 is 1.66. The van der Waals surface area contributed by atoms with Gasteiger partial charge in [0.15, 0.2) is 0 Å². The van der Waals surface area contributed by atoms with Crippen LogP contribution in [0.3, 0.4) is 0 Å². The number of amides is 2. The Morgan fingerprint density at radius 3 is 2.44 bits per heavy atom. The molecule has 0 saturated carbocycles. The molecule has 9 heteroatoms. The van der Waals surface area contributed by atoms with Gasteiger partial charge in [-0.05, 0) is 54.8 Å². The summed E-state index contributed by atoms with van der Waals surface area (Å²) < 4.78 is 10.5. The van der Waals surface area contributed by atoms with Crippen LogP contribution in [0.15, 0.2) is 64.6 Å². The molecular weight excluding hydrogens is 452 g/mol. The summed E-state index contributed by atoms with van der Waals surface area (Å²) in [6.45, 7) is 5.57. The van der Waals surface area contributed by atoms with Crippen LogP contribution in [0.2, 0.25) is 0 Å². The van der Waals surface area contributed by atoms with Gasteiger partial charge in [-0.15, -0.1) is 11.3 Å². The van der Waals surface area contributed by atoms with Crippen molar-refractivity contribution >= 4 is 28.8 Å². The number of nitrogens with zero attached hydrogens (tertiary/aromatic N) is 2. The first kappa shape index (κ1) is 23.8. The fourth-order valence-electron chi connectivity index (χ4n) is 4.27. The Morgan fingerprint density at radius 1 is 1.06 bits per heavy atom. The van der Waals surface area contributed by atoms with E-state index in [0.29, 0.717) is 5.76 Å². The van der Waals surface area contributed by atoms with E-state index in [4.69, 9.17) is 9.15 Å². The second-order valence-corrected chi connectivity index (χ2v) is 9.18.